The summed E-state index contributed by atoms with van der Waals surface area (Å²) in [5.41, 5.74) is 1.48. The Balaban J connectivity index is 1.65. The third-order valence-corrected chi connectivity index (χ3v) is 4.61. The predicted octanol–water partition coefficient (Wildman–Crippen LogP) is 1.27. The van der Waals surface area contributed by atoms with Gasteiger partial charge in [-0.05, 0) is 18.9 Å². The highest BCUT2D eigenvalue weighted by molar-refractivity contribution is 6.35. The molecule has 6 heteroatoms. The van der Waals surface area contributed by atoms with Gasteiger partial charge in [-0.2, -0.15) is 0 Å². The summed E-state index contributed by atoms with van der Waals surface area (Å²) in [6.45, 7) is 0. The number of hydrogen-bond acceptors (Lipinski definition) is 3. The fourth-order valence-corrected chi connectivity index (χ4v) is 3.32. The van der Waals surface area contributed by atoms with E-state index >= 15 is 0 Å². The van der Waals surface area contributed by atoms with Gasteiger partial charge in [0.15, 0.2) is 0 Å². The molecular weight excluding hydrogens is 294 g/mol. The topological polar surface area (TPSA) is 78.5 Å². The summed E-state index contributed by atoms with van der Waals surface area (Å²) in [5.74, 6) is -1.64. The zero-order valence-electron chi connectivity index (χ0n) is 13.2. The zero-order chi connectivity index (χ0) is 16.4. The van der Waals surface area contributed by atoms with Gasteiger partial charge in [-0.15, -0.1) is 0 Å². The molecule has 1 saturated carbocycles. The average molecular weight is 315 g/mol. The van der Waals surface area contributed by atoms with E-state index in [2.05, 4.69) is 10.6 Å². The maximum Gasteiger partial charge on any atom is 0.310 e. The highest BCUT2D eigenvalue weighted by Gasteiger charge is 2.37. The number of fused-ring (bicyclic) bond motifs is 1. The molecule has 0 saturated heterocycles. The number of benzene rings is 1. The van der Waals surface area contributed by atoms with Crippen LogP contribution < -0.4 is 15.5 Å². The maximum atomic E-state index is 12.3. The van der Waals surface area contributed by atoms with Crippen LogP contribution in [-0.2, 0) is 14.4 Å². The van der Waals surface area contributed by atoms with Crippen molar-refractivity contribution in [1.29, 1.82) is 0 Å². The van der Waals surface area contributed by atoms with Crippen LogP contribution in [0.1, 0.15) is 43.7 Å². The van der Waals surface area contributed by atoms with E-state index in [9.17, 15) is 14.4 Å². The maximum absolute atomic E-state index is 12.3. The van der Waals surface area contributed by atoms with E-state index in [0.29, 0.717) is 0 Å². The third kappa shape index (κ3) is 3.06. The summed E-state index contributed by atoms with van der Waals surface area (Å²) in [7, 11) is 1.66. The van der Waals surface area contributed by atoms with Gasteiger partial charge >= 0.3 is 11.8 Å². The quantitative estimate of drug-likeness (QED) is 0.807. The van der Waals surface area contributed by atoms with Crippen molar-refractivity contribution in [3.63, 3.8) is 0 Å². The molecular formula is C17H21N3O3. The Hall–Kier alpha value is -2.37. The van der Waals surface area contributed by atoms with Crippen LogP contribution >= 0.6 is 0 Å². The van der Waals surface area contributed by atoms with Crippen LogP contribution in [0.5, 0.6) is 0 Å². The number of hydrogen-bond donors (Lipinski definition) is 2. The largest absolute Gasteiger partial charge is 0.345 e. The minimum atomic E-state index is -0.791. The number of likely N-dealkylation sites (N-methyl/N-ethyl adjacent to an activating group) is 1. The lowest BCUT2D eigenvalue weighted by Gasteiger charge is -2.22. The Labute approximate surface area is 135 Å². The molecule has 122 valence electrons. The van der Waals surface area contributed by atoms with Crippen LogP contribution in [0.25, 0.3) is 0 Å². The number of amides is 3. The first kappa shape index (κ1) is 15.5. The average Bonchev–Trinajstić information content (AvgIpc) is 2.81. The monoisotopic (exact) mass is 315 g/mol. The minimum absolute atomic E-state index is 0.0660. The van der Waals surface area contributed by atoms with Gasteiger partial charge in [-0.1, -0.05) is 37.5 Å². The molecule has 2 aliphatic rings. The first-order valence-electron chi connectivity index (χ1n) is 8.06. The van der Waals surface area contributed by atoms with Gasteiger partial charge in [0.25, 0.3) is 5.91 Å². The number of rotatable bonds is 2. The van der Waals surface area contributed by atoms with Gasteiger partial charge in [-0.3, -0.25) is 14.4 Å². The Morgan fingerprint density at radius 2 is 1.70 bits per heavy atom. The number of carbonyl (C=O) groups excluding carboxylic acids is 3. The zero-order valence-corrected chi connectivity index (χ0v) is 13.2. The van der Waals surface area contributed by atoms with Crippen molar-refractivity contribution >= 4 is 23.4 Å². The second-order valence-corrected chi connectivity index (χ2v) is 6.17. The number of nitrogens with one attached hydrogen (secondary N) is 2. The molecule has 23 heavy (non-hydrogen) atoms. The number of carbonyl (C=O) groups is 3. The van der Waals surface area contributed by atoms with E-state index in [1.807, 2.05) is 18.2 Å². The van der Waals surface area contributed by atoms with E-state index in [1.165, 1.54) is 11.3 Å². The van der Waals surface area contributed by atoms with E-state index < -0.39 is 17.9 Å². The van der Waals surface area contributed by atoms with Crippen molar-refractivity contribution in [2.75, 3.05) is 11.9 Å². The molecule has 0 aromatic heterocycles. The van der Waals surface area contributed by atoms with Gasteiger partial charge in [0, 0.05) is 24.3 Å². The molecule has 0 spiro atoms. The molecule has 6 nitrogen and oxygen atoms in total. The predicted molar refractivity (Wildman–Crippen MR) is 85.8 cm³/mol. The Kier molecular flexibility index (Phi) is 4.32. The normalized spacial score (nSPS) is 21.0. The van der Waals surface area contributed by atoms with Crippen molar-refractivity contribution in [2.45, 2.75) is 44.2 Å². The summed E-state index contributed by atoms with van der Waals surface area (Å²) < 4.78 is 0. The van der Waals surface area contributed by atoms with E-state index in [-0.39, 0.29) is 11.9 Å². The van der Waals surface area contributed by atoms with Crippen molar-refractivity contribution in [1.82, 2.24) is 10.6 Å². The summed E-state index contributed by atoms with van der Waals surface area (Å²) >= 11 is 0. The molecule has 1 heterocycles. The van der Waals surface area contributed by atoms with Crippen molar-refractivity contribution < 1.29 is 14.4 Å². The molecule has 1 aromatic carbocycles. The second kappa shape index (κ2) is 6.40. The SMILES string of the molecule is CN1C(=O)[C@@H](NC(=O)C(=O)NC2CCCCC2)c2ccccc21. The molecule has 2 N–H and O–H groups in total. The van der Waals surface area contributed by atoms with Gasteiger partial charge in [-0.25, -0.2) is 0 Å². The van der Waals surface area contributed by atoms with E-state index in [4.69, 9.17) is 0 Å². The lowest BCUT2D eigenvalue weighted by atomic mass is 9.95. The first-order valence-corrected chi connectivity index (χ1v) is 8.06. The fraction of sp³-hybridized carbons (Fsp3) is 0.471. The molecule has 0 radical (unpaired) electrons. The summed E-state index contributed by atoms with van der Waals surface area (Å²) in [5, 5.41) is 5.33. The summed E-state index contributed by atoms with van der Waals surface area (Å²) in [6, 6.07) is 6.54. The fourth-order valence-electron chi connectivity index (χ4n) is 3.32. The van der Waals surface area contributed by atoms with Crippen LogP contribution in [0.4, 0.5) is 5.69 Å². The van der Waals surface area contributed by atoms with Gasteiger partial charge in [0.2, 0.25) is 0 Å². The Morgan fingerprint density at radius 1 is 1.04 bits per heavy atom. The molecule has 0 unspecified atom stereocenters. The number of nitrogens with zero attached hydrogens (tertiary/aromatic N) is 1. The summed E-state index contributed by atoms with van der Waals surface area (Å²) in [6.07, 6.45) is 5.15. The smallest absolute Gasteiger partial charge is 0.310 e. The van der Waals surface area contributed by atoms with Gasteiger partial charge in [0.1, 0.15) is 6.04 Å². The molecule has 1 aliphatic carbocycles. The molecule has 3 amide bonds. The Morgan fingerprint density at radius 3 is 2.43 bits per heavy atom. The number of para-hydroxylation sites is 1. The molecule has 1 aromatic rings. The van der Waals surface area contributed by atoms with Gasteiger partial charge < -0.3 is 15.5 Å². The van der Waals surface area contributed by atoms with Crippen LogP contribution in [0.2, 0.25) is 0 Å². The lowest BCUT2D eigenvalue weighted by molar-refractivity contribution is -0.140. The molecule has 3 rings (SSSR count). The molecule has 1 atom stereocenters. The van der Waals surface area contributed by atoms with Crippen LogP contribution in [0.3, 0.4) is 0 Å². The third-order valence-electron chi connectivity index (χ3n) is 4.61. The minimum Gasteiger partial charge on any atom is -0.345 e. The highest BCUT2D eigenvalue weighted by Crippen LogP contribution is 2.34. The second-order valence-electron chi connectivity index (χ2n) is 6.17. The molecule has 1 aliphatic heterocycles. The van der Waals surface area contributed by atoms with Crippen LogP contribution in [0.15, 0.2) is 24.3 Å². The number of anilines is 1. The van der Waals surface area contributed by atoms with Crippen LogP contribution in [-0.4, -0.2) is 30.8 Å². The van der Waals surface area contributed by atoms with E-state index in [0.717, 1.165) is 36.9 Å². The van der Waals surface area contributed by atoms with Crippen molar-refractivity contribution in [2.24, 2.45) is 0 Å². The van der Waals surface area contributed by atoms with Gasteiger partial charge in [0.05, 0.1) is 0 Å². The standard InChI is InChI=1S/C17H21N3O3/c1-20-13-10-6-5-9-12(13)14(17(20)23)19-16(22)15(21)18-11-7-3-2-4-8-11/h5-6,9-11,14H,2-4,7-8H2,1H3,(H,18,21)(H,19,22)/t14-/m0/s1. The molecule has 0 bridgehead atoms. The first-order chi connectivity index (χ1) is 11.1. The van der Waals surface area contributed by atoms with Crippen molar-refractivity contribution in [3.8, 4) is 0 Å². The van der Waals surface area contributed by atoms with Crippen LogP contribution in [0, 0.1) is 0 Å². The van der Waals surface area contributed by atoms with E-state index in [1.54, 1.807) is 13.1 Å². The highest BCUT2D eigenvalue weighted by atomic mass is 16.2. The van der Waals surface area contributed by atoms with Crippen molar-refractivity contribution in [3.05, 3.63) is 29.8 Å². The Bertz CT molecular complexity index is 638. The molecule has 1 fully saturated rings. The lowest BCUT2D eigenvalue weighted by Crippen LogP contribution is -2.47. The summed E-state index contributed by atoms with van der Waals surface area (Å²) in [4.78, 5) is 38.0.